The Bertz CT molecular complexity index is 177. The molecule has 0 aromatic heterocycles. The lowest BCUT2D eigenvalue weighted by atomic mass is 10.4. The van der Waals surface area contributed by atoms with E-state index in [-0.39, 0.29) is 0 Å². The standard InChI is InChI=1S/C4H2N4/c1-8-4(7)3(6)2-5/h6-7H. The molecule has 0 rings (SSSR count). The molecule has 0 aromatic rings. The molecule has 38 valence electrons. The van der Waals surface area contributed by atoms with Crippen LogP contribution < -0.4 is 0 Å². The van der Waals surface area contributed by atoms with E-state index in [0.29, 0.717) is 0 Å². The highest BCUT2D eigenvalue weighted by molar-refractivity contribution is 6.48. The smallest absolute Gasteiger partial charge is 0.297 e. The number of amidine groups is 1. The fraction of sp³-hybridized carbons (Fsp3) is 0. The van der Waals surface area contributed by atoms with Crippen molar-refractivity contribution in [2.24, 2.45) is 0 Å². The van der Waals surface area contributed by atoms with Crippen LogP contribution in [-0.2, 0) is 0 Å². The van der Waals surface area contributed by atoms with Crippen molar-refractivity contribution in [1.29, 1.82) is 16.1 Å². The molecule has 0 aromatic carbocycles. The molecule has 4 nitrogen and oxygen atoms in total. The first kappa shape index (κ1) is 6.32. The predicted octanol–water partition coefficient (Wildman–Crippen LogP) is 0.426. The van der Waals surface area contributed by atoms with E-state index in [4.69, 9.17) is 22.7 Å². The lowest BCUT2D eigenvalue weighted by molar-refractivity contribution is 1.47. The van der Waals surface area contributed by atoms with E-state index in [0.717, 1.165) is 0 Å². The Balaban J connectivity index is 4.16. The monoisotopic (exact) mass is 106 g/mol. The van der Waals surface area contributed by atoms with E-state index in [1.807, 2.05) is 0 Å². The third-order valence-electron chi connectivity index (χ3n) is 0.460. The van der Waals surface area contributed by atoms with Crippen LogP contribution in [0.3, 0.4) is 0 Å². The highest BCUT2D eigenvalue weighted by atomic mass is 14.8. The molecule has 0 atom stereocenters. The van der Waals surface area contributed by atoms with Crippen molar-refractivity contribution in [2.45, 2.75) is 0 Å². The van der Waals surface area contributed by atoms with E-state index in [2.05, 4.69) is 4.85 Å². The molecular weight excluding hydrogens is 104 g/mol. The van der Waals surface area contributed by atoms with Crippen LogP contribution in [0.4, 0.5) is 0 Å². The van der Waals surface area contributed by atoms with Crippen LogP contribution in [0.25, 0.3) is 4.85 Å². The van der Waals surface area contributed by atoms with Gasteiger partial charge in [-0.2, -0.15) is 10.7 Å². The molecule has 2 N–H and O–H groups in total. The van der Waals surface area contributed by atoms with Crippen LogP contribution in [0.2, 0.25) is 0 Å². The number of nitriles is 1. The molecule has 0 saturated carbocycles. The first-order valence-corrected chi connectivity index (χ1v) is 1.67. The summed E-state index contributed by atoms with van der Waals surface area (Å²) in [5, 5.41) is 21.0. The first-order chi connectivity index (χ1) is 3.72. The lowest BCUT2D eigenvalue weighted by Crippen LogP contribution is -2.02. The first-order valence-electron chi connectivity index (χ1n) is 1.67. The fourth-order valence-electron chi connectivity index (χ4n) is 0.109. The van der Waals surface area contributed by atoms with Crippen molar-refractivity contribution in [2.75, 3.05) is 0 Å². The molecule has 8 heavy (non-hydrogen) atoms. The third kappa shape index (κ3) is 1.19. The number of nitrogens with one attached hydrogen (secondary N) is 2. The highest BCUT2D eigenvalue weighted by Gasteiger charge is 1.98. The van der Waals surface area contributed by atoms with Gasteiger partial charge >= 0.3 is 0 Å². The minimum atomic E-state index is -0.604. The van der Waals surface area contributed by atoms with E-state index < -0.39 is 11.5 Å². The molecule has 0 aliphatic carbocycles. The van der Waals surface area contributed by atoms with Crippen molar-refractivity contribution in [1.82, 2.24) is 0 Å². The van der Waals surface area contributed by atoms with Crippen LogP contribution in [0.15, 0.2) is 0 Å². The molecule has 0 aliphatic rings. The summed E-state index contributed by atoms with van der Waals surface area (Å²) in [7, 11) is 0. The van der Waals surface area contributed by atoms with Gasteiger partial charge in [-0.25, -0.2) is 0 Å². The Hall–Kier alpha value is -1.68. The molecule has 0 amide bonds. The summed E-state index contributed by atoms with van der Waals surface area (Å²) in [5.74, 6) is -0.604. The van der Waals surface area contributed by atoms with E-state index >= 15 is 0 Å². The predicted molar refractivity (Wildman–Crippen MR) is 27.7 cm³/mol. The van der Waals surface area contributed by atoms with Gasteiger partial charge in [-0.1, -0.05) is 6.57 Å². The second kappa shape index (κ2) is 2.49. The SMILES string of the molecule is [C-]#[N+]C(=N)C(=N)C#N. The van der Waals surface area contributed by atoms with Crippen molar-refractivity contribution >= 4 is 11.5 Å². The van der Waals surface area contributed by atoms with Gasteiger partial charge in [0, 0.05) is 0 Å². The number of hydrogen-bond acceptors (Lipinski definition) is 3. The Morgan fingerprint density at radius 3 is 2.25 bits per heavy atom. The molecule has 0 heterocycles. The second-order valence-electron chi connectivity index (χ2n) is 0.947. The van der Waals surface area contributed by atoms with Gasteiger partial charge < -0.3 is 10.3 Å². The number of hydrogen-bond donors (Lipinski definition) is 2. The van der Waals surface area contributed by atoms with Gasteiger partial charge in [0.25, 0.3) is 5.84 Å². The number of nitrogens with zero attached hydrogens (tertiary/aromatic N) is 2. The lowest BCUT2D eigenvalue weighted by Gasteiger charge is -1.79. The zero-order valence-electron chi connectivity index (χ0n) is 3.89. The quantitative estimate of drug-likeness (QED) is 0.284. The average molecular weight is 106 g/mol. The number of rotatable bonds is 1. The van der Waals surface area contributed by atoms with Gasteiger partial charge in [0.2, 0.25) is 0 Å². The maximum absolute atomic E-state index is 7.88. The highest BCUT2D eigenvalue weighted by Crippen LogP contribution is 1.75. The summed E-state index contributed by atoms with van der Waals surface area (Å²) in [4.78, 5) is 2.55. The summed E-state index contributed by atoms with van der Waals surface area (Å²) in [5.41, 5.74) is -0.583. The molecule has 0 aliphatic heterocycles. The van der Waals surface area contributed by atoms with Crippen LogP contribution in [0.1, 0.15) is 0 Å². The summed E-state index contributed by atoms with van der Waals surface area (Å²) < 4.78 is 0. The maximum Gasteiger partial charge on any atom is 0.297 e. The van der Waals surface area contributed by atoms with Gasteiger partial charge in [0.05, 0.1) is 0 Å². The van der Waals surface area contributed by atoms with Crippen LogP contribution in [0, 0.1) is 28.7 Å². The molecule has 0 spiro atoms. The zero-order valence-corrected chi connectivity index (χ0v) is 3.89. The van der Waals surface area contributed by atoms with Crippen molar-refractivity contribution in [3.63, 3.8) is 0 Å². The largest absolute Gasteiger partial charge is 0.359 e. The second-order valence-corrected chi connectivity index (χ2v) is 0.947. The van der Waals surface area contributed by atoms with E-state index in [1.54, 1.807) is 0 Å². The van der Waals surface area contributed by atoms with Gasteiger partial charge in [0.15, 0.2) is 5.71 Å². The topological polar surface area (TPSA) is 75.8 Å². The molecule has 0 saturated heterocycles. The summed E-state index contributed by atoms with van der Waals surface area (Å²) >= 11 is 0. The molecule has 0 unspecified atom stereocenters. The van der Waals surface area contributed by atoms with Crippen molar-refractivity contribution in [3.8, 4) is 6.07 Å². The Morgan fingerprint density at radius 2 is 2.12 bits per heavy atom. The summed E-state index contributed by atoms with van der Waals surface area (Å²) in [6, 6.07) is 1.36. The third-order valence-corrected chi connectivity index (χ3v) is 0.460. The van der Waals surface area contributed by atoms with Crippen molar-refractivity contribution < 1.29 is 0 Å². The molecule has 4 heteroatoms. The fourth-order valence-corrected chi connectivity index (χ4v) is 0.109. The Morgan fingerprint density at radius 1 is 1.62 bits per heavy atom. The van der Waals surface area contributed by atoms with Gasteiger partial charge in [-0.15, -0.1) is 0 Å². The molecule has 0 fully saturated rings. The van der Waals surface area contributed by atoms with Gasteiger partial charge in [0.1, 0.15) is 6.07 Å². The minimum Gasteiger partial charge on any atom is -0.359 e. The van der Waals surface area contributed by atoms with Crippen LogP contribution in [0.5, 0.6) is 0 Å². The summed E-state index contributed by atoms with van der Waals surface area (Å²) in [6.07, 6.45) is 0. The van der Waals surface area contributed by atoms with Crippen LogP contribution >= 0.6 is 0 Å². The van der Waals surface area contributed by atoms with E-state index in [9.17, 15) is 0 Å². The summed E-state index contributed by atoms with van der Waals surface area (Å²) in [6.45, 7) is 6.15. The minimum absolute atomic E-state index is 0.583. The zero-order chi connectivity index (χ0) is 6.57. The Labute approximate surface area is 46.2 Å². The van der Waals surface area contributed by atoms with Gasteiger partial charge in [-0.3, -0.25) is 0 Å². The van der Waals surface area contributed by atoms with Gasteiger partial charge in [-0.05, 0) is 0 Å². The van der Waals surface area contributed by atoms with E-state index in [1.165, 1.54) is 6.07 Å². The van der Waals surface area contributed by atoms with Crippen molar-refractivity contribution in [3.05, 3.63) is 11.4 Å². The molecule has 0 radical (unpaired) electrons. The maximum atomic E-state index is 7.88. The Kier molecular flexibility index (Phi) is 1.96. The van der Waals surface area contributed by atoms with Crippen LogP contribution in [-0.4, -0.2) is 11.5 Å². The normalized spacial score (nSPS) is 6.25. The molecule has 0 bridgehead atoms. The molecular formula is C4H2N4. The average Bonchev–Trinajstić information content (AvgIpc) is 1.84.